The number of carbonyl (C=O) groups is 2. The van der Waals surface area contributed by atoms with Gasteiger partial charge in [-0.25, -0.2) is 9.59 Å². The van der Waals surface area contributed by atoms with Crippen LogP contribution in [-0.2, 0) is 9.59 Å². The summed E-state index contributed by atoms with van der Waals surface area (Å²) in [4.78, 5) is 22.6. The van der Waals surface area contributed by atoms with Gasteiger partial charge in [-0.2, -0.15) is 0 Å². The number of aliphatic carboxylic acids is 2. The molecule has 0 aromatic heterocycles. The summed E-state index contributed by atoms with van der Waals surface area (Å²) in [6.07, 6.45) is 0.270. The first kappa shape index (κ1) is 15.9. The van der Waals surface area contributed by atoms with Gasteiger partial charge in [0.05, 0.1) is 8.07 Å². The Hall–Kier alpha value is -1.10. The fraction of sp³-hybridized carbons (Fsp3) is 0.667. The minimum atomic E-state index is -2.16. The van der Waals surface area contributed by atoms with Gasteiger partial charge in [0.1, 0.15) is 0 Å². The lowest BCUT2D eigenvalue weighted by molar-refractivity contribution is -0.135. The maximum atomic E-state index is 11.4. The lowest BCUT2D eigenvalue weighted by Crippen LogP contribution is -2.40. The second kappa shape index (κ2) is 6.59. The van der Waals surface area contributed by atoms with Crippen molar-refractivity contribution in [2.24, 2.45) is 0 Å². The molecular weight excluding hydrogens is 236 g/mol. The van der Waals surface area contributed by atoms with Crippen LogP contribution < -0.4 is 0 Å². The standard InChI is InChI=1S/C12H22O4Si/c1-5-9(11(13)14)10(12(15)16)17(6-2,7-3)8-4/h5-8H2,1-4H3,(H,13,14)(H,15,16). The van der Waals surface area contributed by atoms with Gasteiger partial charge in [-0.05, 0) is 6.42 Å². The van der Waals surface area contributed by atoms with Crippen LogP contribution in [0, 0.1) is 0 Å². The van der Waals surface area contributed by atoms with Crippen LogP contribution >= 0.6 is 0 Å². The molecule has 0 aliphatic carbocycles. The third kappa shape index (κ3) is 3.18. The van der Waals surface area contributed by atoms with E-state index in [1.165, 1.54) is 0 Å². The van der Waals surface area contributed by atoms with E-state index in [0.717, 1.165) is 18.1 Å². The average molecular weight is 258 g/mol. The first-order valence-corrected chi connectivity index (χ1v) is 8.72. The molecule has 0 rings (SSSR count). The molecule has 0 bridgehead atoms. The molecule has 0 aromatic carbocycles. The second-order valence-electron chi connectivity index (χ2n) is 4.16. The van der Waals surface area contributed by atoms with Crippen molar-refractivity contribution in [3.63, 3.8) is 0 Å². The Morgan fingerprint density at radius 2 is 1.29 bits per heavy atom. The first-order valence-electron chi connectivity index (χ1n) is 6.10. The molecule has 0 atom stereocenters. The highest BCUT2D eigenvalue weighted by Crippen LogP contribution is 2.32. The highest BCUT2D eigenvalue weighted by atomic mass is 28.3. The molecule has 0 aliphatic heterocycles. The van der Waals surface area contributed by atoms with Crippen LogP contribution in [0.2, 0.25) is 18.1 Å². The molecule has 4 nitrogen and oxygen atoms in total. The Morgan fingerprint density at radius 1 is 0.882 bits per heavy atom. The molecule has 0 unspecified atom stereocenters. The maximum absolute atomic E-state index is 11.4. The monoisotopic (exact) mass is 258 g/mol. The fourth-order valence-electron chi connectivity index (χ4n) is 2.39. The molecule has 5 heteroatoms. The van der Waals surface area contributed by atoms with E-state index < -0.39 is 20.0 Å². The summed E-state index contributed by atoms with van der Waals surface area (Å²) >= 11 is 0. The molecule has 0 amide bonds. The molecule has 0 aromatic rings. The zero-order chi connectivity index (χ0) is 13.6. The van der Waals surface area contributed by atoms with E-state index in [-0.39, 0.29) is 17.2 Å². The summed E-state index contributed by atoms with van der Waals surface area (Å²) in [5.41, 5.74) is 0.0923. The topological polar surface area (TPSA) is 74.6 Å². The van der Waals surface area contributed by atoms with Gasteiger partial charge in [-0.1, -0.05) is 45.8 Å². The van der Waals surface area contributed by atoms with E-state index in [9.17, 15) is 14.7 Å². The number of carboxylic acids is 2. The minimum Gasteiger partial charge on any atom is -0.478 e. The van der Waals surface area contributed by atoms with Crippen LogP contribution in [0.15, 0.2) is 10.8 Å². The zero-order valence-electron chi connectivity index (χ0n) is 11.0. The van der Waals surface area contributed by atoms with Gasteiger partial charge in [0.25, 0.3) is 0 Å². The normalized spacial score (nSPS) is 13.2. The SMILES string of the molecule is CCC(C(=O)O)=C(C(=O)O)[Si](CC)(CC)CC. The van der Waals surface area contributed by atoms with Crippen molar-refractivity contribution in [2.45, 2.75) is 52.2 Å². The van der Waals surface area contributed by atoms with Gasteiger partial charge in [-0.3, -0.25) is 0 Å². The Kier molecular flexibility index (Phi) is 6.16. The van der Waals surface area contributed by atoms with Crippen molar-refractivity contribution in [3.05, 3.63) is 10.8 Å². The van der Waals surface area contributed by atoms with Gasteiger partial charge in [0.15, 0.2) is 0 Å². The predicted molar refractivity (Wildman–Crippen MR) is 69.8 cm³/mol. The van der Waals surface area contributed by atoms with Crippen LogP contribution in [0.25, 0.3) is 0 Å². The smallest absolute Gasteiger partial charge is 0.331 e. The quantitative estimate of drug-likeness (QED) is 0.544. The number of hydrogen-bond donors (Lipinski definition) is 2. The Bertz CT molecular complexity index is 321. The van der Waals surface area contributed by atoms with E-state index in [2.05, 4.69) is 0 Å². The van der Waals surface area contributed by atoms with E-state index in [0.29, 0.717) is 0 Å². The van der Waals surface area contributed by atoms with Crippen molar-refractivity contribution in [3.8, 4) is 0 Å². The second-order valence-corrected chi connectivity index (χ2v) is 9.34. The van der Waals surface area contributed by atoms with Crippen molar-refractivity contribution in [2.75, 3.05) is 0 Å². The average Bonchev–Trinajstić information content (AvgIpc) is 2.29. The van der Waals surface area contributed by atoms with Crippen LogP contribution in [0.1, 0.15) is 34.1 Å². The summed E-state index contributed by atoms with van der Waals surface area (Å²) in [6.45, 7) is 7.61. The largest absolute Gasteiger partial charge is 0.478 e. The molecule has 0 spiro atoms. The predicted octanol–water partition coefficient (Wildman–Crippen LogP) is 2.91. The fourth-order valence-corrected chi connectivity index (χ4v) is 6.33. The van der Waals surface area contributed by atoms with E-state index >= 15 is 0 Å². The summed E-state index contributed by atoms with van der Waals surface area (Å²) in [5, 5.41) is 18.7. The van der Waals surface area contributed by atoms with Gasteiger partial charge in [0.2, 0.25) is 0 Å². The molecule has 98 valence electrons. The lowest BCUT2D eigenvalue weighted by Gasteiger charge is -2.30. The van der Waals surface area contributed by atoms with Crippen LogP contribution in [0.3, 0.4) is 0 Å². The van der Waals surface area contributed by atoms with Gasteiger partial charge in [-0.15, -0.1) is 0 Å². The Morgan fingerprint density at radius 3 is 1.47 bits per heavy atom. The molecule has 0 saturated carbocycles. The van der Waals surface area contributed by atoms with Crippen LogP contribution in [0.5, 0.6) is 0 Å². The van der Waals surface area contributed by atoms with Crippen molar-refractivity contribution < 1.29 is 19.8 Å². The number of carboxylic acid groups (broad SMARTS) is 2. The van der Waals surface area contributed by atoms with Gasteiger partial charge >= 0.3 is 11.9 Å². The summed E-state index contributed by atoms with van der Waals surface area (Å²) < 4.78 is 0. The van der Waals surface area contributed by atoms with Crippen molar-refractivity contribution in [1.29, 1.82) is 0 Å². The molecule has 2 N–H and O–H groups in total. The van der Waals surface area contributed by atoms with Crippen LogP contribution in [0.4, 0.5) is 0 Å². The van der Waals surface area contributed by atoms with E-state index in [1.54, 1.807) is 6.92 Å². The lowest BCUT2D eigenvalue weighted by atomic mass is 10.2. The zero-order valence-corrected chi connectivity index (χ0v) is 12.0. The van der Waals surface area contributed by atoms with E-state index in [4.69, 9.17) is 5.11 Å². The third-order valence-corrected chi connectivity index (χ3v) is 9.32. The van der Waals surface area contributed by atoms with E-state index in [1.807, 2.05) is 20.8 Å². The Balaban J connectivity index is 5.96. The summed E-state index contributed by atoms with van der Waals surface area (Å²) in [6, 6.07) is 2.33. The molecule has 0 fully saturated rings. The highest BCUT2D eigenvalue weighted by molar-refractivity contribution is 6.90. The highest BCUT2D eigenvalue weighted by Gasteiger charge is 2.39. The minimum absolute atomic E-state index is 0.0923. The van der Waals surface area contributed by atoms with Gasteiger partial charge in [0, 0.05) is 10.8 Å². The van der Waals surface area contributed by atoms with Crippen molar-refractivity contribution in [1.82, 2.24) is 0 Å². The first-order chi connectivity index (χ1) is 7.90. The summed E-state index contributed by atoms with van der Waals surface area (Å²) in [7, 11) is -2.16. The molecule has 17 heavy (non-hydrogen) atoms. The van der Waals surface area contributed by atoms with Crippen molar-refractivity contribution >= 4 is 20.0 Å². The summed E-state index contributed by atoms with van der Waals surface area (Å²) in [5.74, 6) is -2.13. The molecule has 0 radical (unpaired) electrons. The molecule has 0 heterocycles. The van der Waals surface area contributed by atoms with Gasteiger partial charge < -0.3 is 10.2 Å². The maximum Gasteiger partial charge on any atom is 0.331 e. The third-order valence-electron chi connectivity index (χ3n) is 3.69. The molecular formula is C12H22O4Si. The Labute approximate surface area is 103 Å². The number of rotatable bonds is 7. The number of hydrogen-bond acceptors (Lipinski definition) is 2. The van der Waals surface area contributed by atoms with Crippen LogP contribution in [-0.4, -0.2) is 30.2 Å². The molecule has 0 aliphatic rings. The molecule has 0 saturated heterocycles.